The van der Waals surface area contributed by atoms with Gasteiger partial charge in [0.1, 0.15) is 9.88 Å². The predicted octanol–water partition coefficient (Wildman–Crippen LogP) is 2.27. The first-order chi connectivity index (χ1) is 5.65. The molecule has 0 saturated carbocycles. The van der Waals surface area contributed by atoms with E-state index in [1.165, 1.54) is 11.3 Å². The van der Waals surface area contributed by atoms with Crippen LogP contribution in [0.25, 0.3) is 0 Å². The number of carbonyl (C=O) groups excluding carboxylic acids is 1. The molecular formula is C7H8BrNO2S. The van der Waals surface area contributed by atoms with Gasteiger partial charge in [0.2, 0.25) is 0 Å². The zero-order chi connectivity index (χ0) is 9.14. The Hall–Kier alpha value is -0.550. The quantitative estimate of drug-likeness (QED) is 0.819. The van der Waals surface area contributed by atoms with E-state index in [2.05, 4.69) is 15.9 Å². The third-order valence-electron chi connectivity index (χ3n) is 1.19. The van der Waals surface area contributed by atoms with Crippen molar-refractivity contribution >= 4 is 38.2 Å². The molecule has 0 amide bonds. The molecule has 0 aromatic carbocycles. The standard InChI is InChI=1S/C7H8BrNO2S/c1-2-11-7(10)5-3-4(8)6(9)12-5/h3H,2,9H2,1H3. The van der Waals surface area contributed by atoms with Crippen molar-refractivity contribution in [3.8, 4) is 0 Å². The van der Waals surface area contributed by atoms with Gasteiger partial charge >= 0.3 is 5.97 Å². The molecule has 1 rings (SSSR count). The minimum absolute atomic E-state index is 0.320. The summed E-state index contributed by atoms with van der Waals surface area (Å²) in [6.07, 6.45) is 0. The van der Waals surface area contributed by atoms with Crippen molar-refractivity contribution in [1.82, 2.24) is 0 Å². The Morgan fingerprint density at radius 2 is 2.50 bits per heavy atom. The Bertz CT molecular complexity index is 278. The summed E-state index contributed by atoms with van der Waals surface area (Å²) in [5.41, 5.74) is 5.54. The highest BCUT2D eigenvalue weighted by Gasteiger charge is 2.11. The zero-order valence-electron chi connectivity index (χ0n) is 6.46. The largest absolute Gasteiger partial charge is 0.462 e. The molecule has 5 heteroatoms. The van der Waals surface area contributed by atoms with Crippen LogP contribution in [0.15, 0.2) is 10.5 Å². The molecule has 0 aliphatic rings. The number of carbonyl (C=O) groups is 1. The maximum atomic E-state index is 11.1. The Morgan fingerprint density at radius 3 is 2.92 bits per heavy atom. The number of hydrogen-bond acceptors (Lipinski definition) is 4. The molecule has 0 fully saturated rings. The third-order valence-corrected chi connectivity index (χ3v) is 3.05. The molecule has 0 aliphatic heterocycles. The van der Waals surface area contributed by atoms with Gasteiger partial charge in [0, 0.05) is 0 Å². The minimum atomic E-state index is -0.320. The van der Waals surface area contributed by atoms with Crippen molar-refractivity contribution in [2.75, 3.05) is 12.3 Å². The lowest BCUT2D eigenvalue weighted by Gasteiger charge is -1.95. The van der Waals surface area contributed by atoms with Crippen LogP contribution in [0.3, 0.4) is 0 Å². The average molecular weight is 250 g/mol. The molecular weight excluding hydrogens is 242 g/mol. The Labute approximate surface area is 82.6 Å². The fraction of sp³-hybridized carbons (Fsp3) is 0.286. The first kappa shape index (κ1) is 9.54. The Kier molecular flexibility index (Phi) is 3.11. The minimum Gasteiger partial charge on any atom is -0.462 e. The van der Waals surface area contributed by atoms with Crippen LogP contribution >= 0.6 is 27.3 Å². The molecule has 1 aromatic heterocycles. The van der Waals surface area contributed by atoms with Crippen LogP contribution < -0.4 is 5.73 Å². The highest BCUT2D eigenvalue weighted by atomic mass is 79.9. The second kappa shape index (κ2) is 3.91. The maximum absolute atomic E-state index is 11.1. The maximum Gasteiger partial charge on any atom is 0.348 e. The van der Waals surface area contributed by atoms with Crippen LogP contribution in [-0.4, -0.2) is 12.6 Å². The van der Waals surface area contributed by atoms with E-state index in [1.807, 2.05) is 0 Å². The molecule has 1 heterocycles. The highest BCUT2D eigenvalue weighted by Crippen LogP contribution is 2.29. The fourth-order valence-corrected chi connectivity index (χ4v) is 2.02. The average Bonchev–Trinajstić information content (AvgIpc) is 2.33. The third kappa shape index (κ3) is 1.98. The summed E-state index contributed by atoms with van der Waals surface area (Å²) in [7, 11) is 0. The predicted molar refractivity (Wildman–Crippen MR) is 52.4 cm³/mol. The number of anilines is 1. The molecule has 12 heavy (non-hydrogen) atoms. The lowest BCUT2D eigenvalue weighted by molar-refractivity contribution is 0.0532. The zero-order valence-corrected chi connectivity index (χ0v) is 8.87. The second-order valence-corrected chi connectivity index (χ2v) is 3.98. The summed E-state index contributed by atoms with van der Waals surface area (Å²) >= 11 is 4.43. The van der Waals surface area contributed by atoms with Gasteiger partial charge in [-0.2, -0.15) is 0 Å². The normalized spacial score (nSPS) is 9.83. The topological polar surface area (TPSA) is 52.3 Å². The number of esters is 1. The Balaban J connectivity index is 2.82. The van der Waals surface area contributed by atoms with Crippen molar-refractivity contribution in [2.24, 2.45) is 0 Å². The summed E-state index contributed by atoms with van der Waals surface area (Å²) in [6.45, 7) is 2.15. The molecule has 0 aliphatic carbocycles. The van der Waals surface area contributed by atoms with Crippen molar-refractivity contribution in [1.29, 1.82) is 0 Å². The molecule has 2 N–H and O–H groups in total. The number of ether oxygens (including phenoxy) is 1. The van der Waals surface area contributed by atoms with Crippen molar-refractivity contribution in [3.63, 3.8) is 0 Å². The van der Waals surface area contributed by atoms with Crippen molar-refractivity contribution in [2.45, 2.75) is 6.92 Å². The molecule has 1 aromatic rings. The number of halogens is 1. The van der Waals surface area contributed by atoms with Crippen molar-refractivity contribution < 1.29 is 9.53 Å². The van der Waals surface area contributed by atoms with Crippen molar-refractivity contribution in [3.05, 3.63) is 15.4 Å². The fourth-order valence-electron chi connectivity index (χ4n) is 0.686. The number of nitrogen functional groups attached to an aromatic ring is 1. The molecule has 0 spiro atoms. The number of thiophene rings is 1. The van der Waals surface area contributed by atoms with Gasteiger partial charge in [0.25, 0.3) is 0 Å². The first-order valence-corrected chi connectivity index (χ1v) is 4.98. The van der Waals surface area contributed by atoms with E-state index in [1.54, 1.807) is 13.0 Å². The van der Waals surface area contributed by atoms with E-state index < -0.39 is 0 Å². The van der Waals surface area contributed by atoms with Crippen LogP contribution in [0, 0.1) is 0 Å². The van der Waals surface area contributed by atoms with E-state index in [0.29, 0.717) is 16.5 Å². The summed E-state index contributed by atoms with van der Waals surface area (Å²) < 4.78 is 5.54. The summed E-state index contributed by atoms with van der Waals surface area (Å²) in [4.78, 5) is 11.7. The number of nitrogens with two attached hydrogens (primary N) is 1. The molecule has 0 bridgehead atoms. The number of hydrogen-bond donors (Lipinski definition) is 1. The van der Waals surface area contributed by atoms with E-state index in [-0.39, 0.29) is 5.97 Å². The second-order valence-electron chi connectivity index (χ2n) is 2.04. The van der Waals surface area contributed by atoms with E-state index in [9.17, 15) is 4.79 Å². The molecule has 66 valence electrons. The first-order valence-electron chi connectivity index (χ1n) is 3.37. The van der Waals surface area contributed by atoms with Gasteiger partial charge in [-0.1, -0.05) is 0 Å². The van der Waals surface area contributed by atoms with E-state index in [0.717, 1.165) is 4.47 Å². The molecule has 0 radical (unpaired) electrons. The van der Waals surface area contributed by atoms with Gasteiger partial charge < -0.3 is 10.5 Å². The lowest BCUT2D eigenvalue weighted by atomic mass is 10.5. The SMILES string of the molecule is CCOC(=O)c1cc(Br)c(N)s1. The van der Waals surface area contributed by atoms with Gasteiger partial charge in [-0.3, -0.25) is 0 Å². The van der Waals surface area contributed by atoms with Gasteiger partial charge in [-0.15, -0.1) is 11.3 Å². The van der Waals surface area contributed by atoms with Gasteiger partial charge in [-0.25, -0.2) is 4.79 Å². The van der Waals surface area contributed by atoms with Crippen LogP contribution in [0.4, 0.5) is 5.00 Å². The molecule has 0 saturated heterocycles. The van der Waals surface area contributed by atoms with Gasteiger partial charge in [0.15, 0.2) is 0 Å². The molecule has 3 nitrogen and oxygen atoms in total. The van der Waals surface area contributed by atoms with Crippen LogP contribution in [0.1, 0.15) is 16.6 Å². The summed E-state index contributed by atoms with van der Waals surface area (Å²) in [5.74, 6) is -0.320. The smallest absolute Gasteiger partial charge is 0.348 e. The van der Waals surface area contributed by atoms with Crippen LogP contribution in [0.5, 0.6) is 0 Å². The summed E-state index contributed by atoms with van der Waals surface area (Å²) in [6, 6.07) is 1.66. The molecule has 0 unspecified atom stereocenters. The summed E-state index contributed by atoms with van der Waals surface area (Å²) in [5, 5.41) is 0.595. The Morgan fingerprint density at radius 1 is 1.83 bits per heavy atom. The van der Waals surface area contributed by atoms with Gasteiger partial charge in [-0.05, 0) is 28.9 Å². The van der Waals surface area contributed by atoms with E-state index in [4.69, 9.17) is 10.5 Å². The number of rotatable bonds is 2. The molecule has 0 atom stereocenters. The van der Waals surface area contributed by atoms with E-state index >= 15 is 0 Å². The monoisotopic (exact) mass is 249 g/mol. The van der Waals surface area contributed by atoms with Crippen LogP contribution in [-0.2, 0) is 4.74 Å². The van der Waals surface area contributed by atoms with Gasteiger partial charge in [0.05, 0.1) is 11.1 Å². The van der Waals surface area contributed by atoms with Crippen LogP contribution in [0.2, 0.25) is 0 Å². The lowest BCUT2D eigenvalue weighted by Crippen LogP contribution is -2.01. The highest BCUT2D eigenvalue weighted by molar-refractivity contribution is 9.10.